The molecule has 0 aliphatic heterocycles. The van der Waals surface area contributed by atoms with Crippen LogP contribution in [0.2, 0.25) is 0 Å². The van der Waals surface area contributed by atoms with Crippen molar-refractivity contribution in [2.24, 2.45) is 0 Å². The van der Waals surface area contributed by atoms with Crippen molar-refractivity contribution >= 4 is 27.9 Å². The van der Waals surface area contributed by atoms with Crippen LogP contribution >= 0.6 is 0 Å². The third-order valence-electron chi connectivity index (χ3n) is 4.94. The topological polar surface area (TPSA) is 103 Å². The second-order valence-corrected chi connectivity index (χ2v) is 9.72. The largest absolute Gasteiger partial charge is 0.469 e. The number of halogens is 1. The summed E-state index contributed by atoms with van der Waals surface area (Å²) in [5.41, 5.74) is 2.62. The maximum atomic E-state index is 13.5. The van der Waals surface area contributed by atoms with Gasteiger partial charge in [-0.2, -0.15) is 0 Å². The number of aliphatic hydroxyl groups excluding tert-OH is 1. The van der Waals surface area contributed by atoms with E-state index in [0.29, 0.717) is 28.1 Å². The lowest BCUT2D eigenvalue weighted by atomic mass is 9.96. The van der Waals surface area contributed by atoms with E-state index in [-0.39, 0.29) is 18.8 Å². The maximum Gasteiger partial charge on any atom is 0.308 e. The first-order chi connectivity index (χ1) is 14.9. The summed E-state index contributed by atoms with van der Waals surface area (Å²) < 4.78 is 44.4. The van der Waals surface area contributed by atoms with Crippen molar-refractivity contribution in [1.82, 2.24) is 3.97 Å². The van der Waals surface area contributed by atoms with Crippen LogP contribution < -0.4 is 0 Å². The molecule has 174 valence electrons. The van der Waals surface area contributed by atoms with Gasteiger partial charge in [-0.15, -0.1) is 0 Å². The zero-order chi connectivity index (χ0) is 24.2. The number of ether oxygens (including phenoxy) is 1. The van der Waals surface area contributed by atoms with Gasteiger partial charge in [0.25, 0.3) is 0 Å². The monoisotopic (exact) mass is 465 g/mol. The smallest absolute Gasteiger partial charge is 0.308 e. The number of aliphatic hydroxyl groups is 1. The van der Waals surface area contributed by atoms with Crippen molar-refractivity contribution in [3.8, 4) is 11.1 Å². The van der Waals surface area contributed by atoms with Crippen LogP contribution in [0.4, 0.5) is 4.39 Å². The van der Waals surface area contributed by atoms with E-state index in [1.54, 1.807) is 19.1 Å². The number of nitrogens with zero attached hydrogens (tertiary/aromatic N) is 1. The number of esters is 1. The number of hydrogen-bond donors (Lipinski definition) is 1. The zero-order valence-electron chi connectivity index (χ0n) is 18.8. The van der Waals surface area contributed by atoms with E-state index in [0.717, 1.165) is 6.26 Å². The molecule has 0 aliphatic rings. The molecule has 1 N–H and O–H groups in total. The van der Waals surface area contributed by atoms with Crippen LogP contribution in [0.25, 0.3) is 17.2 Å². The van der Waals surface area contributed by atoms with E-state index in [4.69, 9.17) is 0 Å². The summed E-state index contributed by atoms with van der Waals surface area (Å²) in [6.07, 6.45) is 2.07. The lowest BCUT2D eigenvalue weighted by molar-refractivity contribution is -0.143. The first-order valence-corrected chi connectivity index (χ1v) is 11.9. The molecule has 2 rings (SSSR count). The van der Waals surface area contributed by atoms with Crippen LogP contribution in [-0.2, 0) is 24.3 Å². The van der Waals surface area contributed by atoms with Crippen molar-refractivity contribution in [1.29, 1.82) is 0 Å². The van der Waals surface area contributed by atoms with Gasteiger partial charge < -0.3 is 9.84 Å². The molecule has 1 unspecified atom stereocenters. The Morgan fingerprint density at radius 3 is 2.28 bits per heavy atom. The number of aromatic nitrogens is 1. The van der Waals surface area contributed by atoms with Crippen molar-refractivity contribution in [3.63, 3.8) is 0 Å². The van der Waals surface area contributed by atoms with Crippen LogP contribution in [0.5, 0.6) is 0 Å². The molecule has 0 fully saturated rings. The Labute approximate surface area is 187 Å². The van der Waals surface area contributed by atoms with Crippen LogP contribution in [-0.4, -0.2) is 48.7 Å². The maximum absolute atomic E-state index is 13.5. The number of ketones is 1. The van der Waals surface area contributed by atoms with E-state index in [2.05, 4.69) is 4.74 Å². The Hall–Kier alpha value is -2.78. The standard InChI is InChI=1S/C23H28FNO6S/c1-14(2)23-20(11-10-18(26)12-19(27)13-21(28)31-4)22(15(3)25(23)32(5,29)30)16-6-8-17(24)9-7-16/h6-11,14,19,27H,12-13H2,1-5H3. The fourth-order valence-corrected chi connectivity index (χ4v) is 4.92. The van der Waals surface area contributed by atoms with Gasteiger partial charge in [-0.25, -0.2) is 16.8 Å². The van der Waals surface area contributed by atoms with E-state index in [9.17, 15) is 27.5 Å². The van der Waals surface area contributed by atoms with Crippen molar-refractivity contribution < 1.29 is 32.2 Å². The lowest BCUT2D eigenvalue weighted by Crippen LogP contribution is -2.17. The summed E-state index contributed by atoms with van der Waals surface area (Å²) in [6, 6.07) is 5.66. The van der Waals surface area contributed by atoms with Crippen molar-refractivity contribution in [2.75, 3.05) is 13.4 Å². The van der Waals surface area contributed by atoms with Gasteiger partial charge in [-0.3, -0.25) is 9.59 Å². The Morgan fingerprint density at radius 1 is 1.19 bits per heavy atom. The van der Waals surface area contributed by atoms with Gasteiger partial charge in [-0.1, -0.05) is 26.0 Å². The van der Waals surface area contributed by atoms with Gasteiger partial charge >= 0.3 is 5.97 Å². The predicted molar refractivity (Wildman–Crippen MR) is 120 cm³/mol. The van der Waals surface area contributed by atoms with Crippen LogP contribution in [0, 0.1) is 12.7 Å². The number of rotatable bonds is 9. The van der Waals surface area contributed by atoms with Crippen molar-refractivity contribution in [2.45, 2.75) is 45.6 Å². The summed E-state index contributed by atoms with van der Waals surface area (Å²) in [7, 11) is -2.48. The number of allylic oxidation sites excluding steroid dienone is 1. The van der Waals surface area contributed by atoms with Crippen LogP contribution in [0.1, 0.15) is 49.6 Å². The second-order valence-electron chi connectivity index (χ2n) is 7.89. The molecule has 1 heterocycles. The minimum atomic E-state index is -3.67. The van der Waals surface area contributed by atoms with E-state index >= 15 is 0 Å². The summed E-state index contributed by atoms with van der Waals surface area (Å²) in [6.45, 7) is 5.33. The molecule has 1 aromatic heterocycles. The highest BCUT2D eigenvalue weighted by atomic mass is 32.2. The average molecular weight is 466 g/mol. The summed E-state index contributed by atoms with van der Waals surface area (Å²) in [5.74, 6) is -1.70. The lowest BCUT2D eigenvalue weighted by Gasteiger charge is -2.13. The summed E-state index contributed by atoms with van der Waals surface area (Å²) in [5, 5.41) is 9.90. The van der Waals surface area contributed by atoms with E-state index in [1.165, 1.54) is 35.4 Å². The number of benzene rings is 1. The molecule has 2 aromatic rings. The van der Waals surface area contributed by atoms with E-state index in [1.807, 2.05) is 13.8 Å². The molecule has 7 nitrogen and oxygen atoms in total. The Balaban J connectivity index is 2.59. The molecule has 0 aliphatic carbocycles. The highest BCUT2D eigenvalue weighted by Gasteiger charge is 2.26. The fourth-order valence-electron chi connectivity index (χ4n) is 3.66. The molecule has 32 heavy (non-hydrogen) atoms. The molecule has 0 bridgehead atoms. The normalized spacial score (nSPS) is 13.0. The van der Waals surface area contributed by atoms with E-state index < -0.39 is 33.7 Å². The first kappa shape index (κ1) is 25.5. The molecular weight excluding hydrogens is 437 g/mol. The predicted octanol–water partition coefficient (Wildman–Crippen LogP) is 3.43. The zero-order valence-corrected chi connectivity index (χ0v) is 19.6. The number of methoxy groups -OCH3 is 1. The molecular formula is C23H28FNO6S. The van der Waals surface area contributed by atoms with Gasteiger partial charge in [0.05, 0.1) is 25.9 Å². The Bertz CT molecular complexity index is 1130. The fraction of sp³-hybridized carbons (Fsp3) is 0.391. The molecule has 0 saturated carbocycles. The van der Waals surface area contributed by atoms with Gasteiger partial charge in [0.15, 0.2) is 5.78 Å². The number of carbonyl (C=O) groups is 2. The van der Waals surface area contributed by atoms with Gasteiger partial charge in [0.1, 0.15) is 5.82 Å². The third-order valence-corrected chi connectivity index (χ3v) is 6.08. The minimum absolute atomic E-state index is 0.211. The third kappa shape index (κ3) is 5.92. The van der Waals surface area contributed by atoms with Crippen molar-refractivity contribution in [3.05, 3.63) is 53.1 Å². The van der Waals surface area contributed by atoms with Crippen LogP contribution in [0.3, 0.4) is 0 Å². The average Bonchev–Trinajstić information content (AvgIpc) is 2.99. The number of carbonyl (C=O) groups excluding carboxylic acids is 2. The Kier molecular flexibility index (Phi) is 8.14. The molecule has 0 amide bonds. The van der Waals surface area contributed by atoms with Gasteiger partial charge in [0.2, 0.25) is 10.0 Å². The molecule has 0 radical (unpaired) electrons. The molecule has 0 spiro atoms. The summed E-state index contributed by atoms with van der Waals surface area (Å²) in [4.78, 5) is 23.6. The minimum Gasteiger partial charge on any atom is -0.469 e. The Morgan fingerprint density at radius 2 is 1.78 bits per heavy atom. The highest BCUT2D eigenvalue weighted by molar-refractivity contribution is 7.89. The number of hydrogen-bond acceptors (Lipinski definition) is 6. The molecule has 9 heteroatoms. The van der Waals surface area contributed by atoms with Gasteiger partial charge in [-0.05, 0) is 42.7 Å². The highest BCUT2D eigenvalue weighted by Crippen LogP contribution is 2.38. The first-order valence-electron chi connectivity index (χ1n) is 10.0. The van der Waals surface area contributed by atoms with Crippen LogP contribution in [0.15, 0.2) is 30.3 Å². The van der Waals surface area contributed by atoms with Gasteiger partial charge in [0, 0.05) is 28.9 Å². The molecule has 0 saturated heterocycles. The molecule has 1 atom stereocenters. The second kappa shape index (κ2) is 10.2. The quantitative estimate of drug-likeness (QED) is 0.450. The molecule has 1 aromatic carbocycles. The SMILES string of the molecule is COC(=O)CC(O)CC(=O)C=Cc1c(-c2ccc(F)cc2)c(C)n(S(C)(=O)=O)c1C(C)C. The summed E-state index contributed by atoms with van der Waals surface area (Å²) >= 11 is 0.